The quantitative estimate of drug-likeness (QED) is 0.646. The zero-order chi connectivity index (χ0) is 11.8. The van der Waals surface area contributed by atoms with Gasteiger partial charge in [0.15, 0.2) is 0 Å². The van der Waals surface area contributed by atoms with Crippen molar-refractivity contribution < 1.29 is 5.11 Å². The van der Waals surface area contributed by atoms with Gasteiger partial charge in [0.05, 0.1) is 0 Å². The Hall–Kier alpha value is -1.74. The topological polar surface area (TPSA) is 20.2 Å². The molecule has 0 unspecified atom stereocenters. The Balaban J connectivity index is 2.14. The zero-order valence-electron chi connectivity index (χ0n) is 9.47. The maximum absolute atomic E-state index is 9.45. The van der Waals surface area contributed by atoms with E-state index < -0.39 is 0 Å². The van der Waals surface area contributed by atoms with Gasteiger partial charge in [-0.05, 0) is 35.2 Å². The highest BCUT2D eigenvalue weighted by molar-refractivity contribution is 7.22. The molecule has 0 fully saturated rings. The van der Waals surface area contributed by atoms with Crippen LogP contribution in [0.5, 0.6) is 5.75 Å². The molecular weight excluding hydrogens is 227 g/mol. The number of thiophene rings is 1. The molecule has 0 amide bonds. The van der Waals surface area contributed by atoms with Crippen molar-refractivity contribution in [3.05, 3.63) is 48.5 Å². The van der Waals surface area contributed by atoms with Crippen LogP contribution in [0.15, 0.2) is 48.5 Å². The van der Waals surface area contributed by atoms with Crippen molar-refractivity contribution in [2.75, 3.05) is 0 Å². The van der Waals surface area contributed by atoms with Gasteiger partial charge in [0, 0.05) is 9.58 Å². The van der Waals surface area contributed by atoms with Gasteiger partial charge < -0.3 is 5.11 Å². The molecule has 3 rings (SSSR count). The lowest BCUT2D eigenvalue weighted by Gasteiger charge is -1.97. The second-order valence-electron chi connectivity index (χ2n) is 4.20. The molecule has 0 aliphatic carbocycles. The molecule has 0 radical (unpaired) electrons. The lowest BCUT2D eigenvalue weighted by Crippen LogP contribution is -1.98. The van der Waals surface area contributed by atoms with E-state index in [1.807, 2.05) is 12.1 Å². The van der Waals surface area contributed by atoms with E-state index in [4.69, 9.17) is 0 Å². The third kappa shape index (κ3) is 1.94. The summed E-state index contributed by atoms with van der Waals surface area (Å²) in [6.07, 6.45) is 0. The van der Waals surface area contributed by atoms with Gasteiger partial charge in [0.1, 0.15) is 13.6 Å². The highest BCUT2D eigenvalue weighted by Crippen LogP contribution is 2.34. The van der Waals surface area contributed by atoms with Gasteiger partial charge in [-0.2, -0.15) is 0 Å². The molecule has 3 aromatic rings. The number of hydrogen-bond donors (Lipinski definition) is 1. The minimum atomic E-state index is 0.329. The van der Waals surface area contributed by atoms with Crippen molar-refractivity contribution in [2.45, 2.75) is 0 Å². The van der Waals surface area contributed by atoms with Crippen LogP contribution in [0.1, 0.15) is 0 Å². The van der Waals surface area contributed by atoms with Crippen molar-refractivity contribution in [3.8, 4) is 16.2 Å². The summed E-state index contributed by atoms with van der Waals surface area (Å²) in [5.74, 6) is 0.329. The molecule has 17 heavy (non-hydrogen) atoms. The Labute approximate surface area is 105 Å². The fourth-order valence-electron chi connectivity index (χ4n) is 1.88. The molecule has 3 heteroatoms. The number of phenolic OH excluding ortho intramolecular Hbond substituents is 1. The van der Waals surface area contributed by atoms with Gasteiger partial charge in [-0.1, -0.05) is 29.7 Å². The van der Waals surface area contributed by atoms with Crippen molar-refractivity contribution in [2.24, 2.45) is 0 Å². The molecule has 1 heterocycles. The maximum Gasteiger partial charge on any atom is 0.139 e. The van der Waals surface area contributed by atoms with Crippen LogP contribution >= 0.6 is 11.3 Å². The van der Waals surface area contributed by atoms with Crippen LogP contribution in [0.4, 0.5) is 0 Å². The second-order valence-corrected chi connectivity index (χ2v) is 5.28. The smallest absolute Gasteiger partial charge is 0.139 e. The molecule has 0 aliphatic rings. The third-order valence-corrected chi connectivity index (χ3v) is 3.99. The van der Waals surface area contributed by atoms with Crippen LogP contribution in [0.3, 0.4) is 0 Å². The molecule has 82 valence electrons. The Morgan fingerprint density at radius 2 is 1.71 bits per heavy atom. The first kappa shape index (κ1) is 10.4. The predicted molar refractivity (Wildman–Crippen MR) is 77.1 cm³/mol. The Bertz CT molecular complexity index is 670. The van der Waals surface area contributed by atoms with Gasteiger partial charge in [0.25, 0.3) is 0 Å². The van der Waals surface area contributed by atoms with E-state index in [1.54, 1.807) is 17.4 Å². The SMILES string of the molecule is Bc1ccc(-c2cc3ccc(O)cc3s2)cc1. The average molecular weight is 238 g/mol. The normalized spacial score (nSPS) is 10.8. The van der Waals surface area contributed by atoms with E-state index in [0.29, 0.717) is 5.75 Å². The van der Waals surface area contributed by atoms with Crippen LogP contribution < -0.4 is 5.46 Å². The molecule has 1 N–H and O–H groups in total. The standard InChI is InChI=1S/C14H11BOS/c15-11-4-1-9(2-5-11)13-7-10-3-6-12(16)8-14(10)17-13/h1-8,16H,15H2. The fourth-order valence-corrected chi connectivity index (χ4v) is 2.98. The monoisotopic (exact) mass is 238 g/mol. The first-order valence-electron chi connectivity index (χ1n) is 5.52. The summed E-state index contributed by atoms with van der Waals surface area (Å²) in [7, 11) is 2.09. The summed E-state index contributed by atoms with van der Waals surface area (Å²) in [6.45, 7) is 0. The summed E-state index contributed by atoms with van der Waals surface area (Å²) in [4.78, 5) is 1.24. The molecular formula is C14H11BOS. The molecule has 2 aromatic carbocycles. The van der Waals surface area contributed by atoms with Crippen LogP contribution in [0, 0.1) is 0 Å². The van der Waals surface area contributed by atoms with Crippen molar-refractivity contribution in [3.63, 3.8) is 0 Å². The van der Waals surface area contributed by atoms with Crippen molar-refractivity contribution >= 4 is 34.7 Å². The Morgan fingerprint density at radius 1 is 0.941 bits per heavy atom. The van der Waals surface area contributed by atoms with E-state index in [-0.39, 0.29) is 0 Å². The minimum absolute atomic E-state index is 0.329. The molecule has 0 atom stereocenters. The number of fused-ring (bicyclic) bond motifs is 1. The van der Waals surface area contributed by atoms with E-state index in [9.17, 15) is 5.11 Å². The van der Waals surface area contributed by atoms with E-state index >= 15 is 0 Å². The lowest BCUT2D eigenvalue weighted by molar-refractivity contribution is 0.476. The highest BCUT2D eigenvalue weighted by Gasteiger charge is 2.04. The Morgan fingerprint density at radius 3 is 2.47 bits per heavy atom. The number of hydrogen-bond acceptors (Lipinski definition) is 2. The average Bonchev–Trinajstić information content (AvgIpc) is 2.72. The van der Waals surface area contributed by atoms with Crippen molar-refractivity contribution in [1.82, 2.24) is 0 Å². The van der Waals surface area contributed by atoms with E-state index in [1.165, 1.54) is 21.3 Å². The van der Waals surface area contributed by atoms with Gasteiger partial charge >= 0.3 is 0 Å². The van der Waals surface area contributed by atoms with Crippen LogP contribution in [0.25, 0.3) is 20.5 Å². The largest absolute Gasteiger partial charge is 0.508 e. The van der Waals surface area contributed by atoms with Crippen LogP contribution in [-0.4, -0.2) is 13.0 Å². The predicted octanol–water partition coefficient (Wildman–Crippen LogP) is 2.53. The fraction of sp³-hybridized carbons (Fsp3) is 0. The first-order chi connectivity index (χ1) is 8.22. The summed E-state index contributed by atoms with van der Waals surface area (Å²) in [6, 6.07) is 16.2. The van der Waals surface area contributed by atoms with Crippen LogP contribution in [-0.2, 0) is 0 Å². The highest BCUT2D eigenvalue weighted by atomic mass is 32.1. The molecule has 0 saturated heterocycles. The van der Waals surface area contributed by atoms with Gasteiger partial charge in [0.2, 0.25) is 0 Å². The van der Waals surface area contributed by atoms with E-state index in [2.05, 4.69) is 38.2 Å². The zero-order valence-corrected chi connectivity index (χ0v) is 10.3. The number of benzene rings is 2. The molecule has 0 saturated carbocycles. The number of rotatable bonds is 1. The Kier molecular flexibility index (Phi) is 2.41. The van der Waals surface area contributed by atoms with Gasteiger partial charge in [-0.3, -0.25) is 0 Å². The third-order valence-electron chi connectivity index (χ3n) is 2.84. The van der Waals surface area contributed by atoms with Gasteiger partial charge in [-0.25, -0.2) is 0 Å². The summed E-state index contributed by atoms with van der Waals surface area (Å²) in [5, 5.41) is 10.6. The molecule has 1 nitrogen and oxygen atoms in total. The number of phenols is 1. The molecule has 0 spiro atoms. The molecule has 0 bridgehead atoms. The summed E-state index contributed by atoms with van der Waals surface area (Å²) >= 11 is 1.71. The molecule has 1 aromatic heterocycles. The van der Waals surface area contributed by atoms with Gasteiger partial charge in [-0.15, -0.1) is 11.3 Å². The number of aromatic hydroxyl groups is 1. The maximum atomic E-state index is 9.45. The van der Waals surface area contributed by atoms with Crippen molar-refractivity contribution in [1.29, 1.82) is 0 Å². The summed E-state index contributed by atoms with van der Waals surface area (Å²) < 4.78 is 1.13. The van der Waals surface area contributed by atoms with Crippen LogP contribution in [0.2, 0.25) is 0 Å². The second kappa shape index (κ2) is 3.93. The minimum Gasteiger partial charge on any atom is -0.508 e. The lowest BCUT2D eigenvalue weighted by atomic mass is 9.95. The van der Waals surface area contributed by atoms with E-state index in [0.717, 1.165) is 4.70 Å². The molecule has 0 aliphatic heterocycles. The summed E-state index contributed by atoms with van der Waals surface area (Å²) in [5.41, 5.74) is 2.50. The first-order valence-corrected chi connectivity index (χ1v) is 6.34.